The van der Waals surface area contributed by atoms with Crippen LogP contribution in [-0.4, -0.2) is 48.8 Å². The van der Waals surface area contributed by atoms with Crippen molar-refractivity contribution in [1.82, 2.24) is 9.88 Å². The van der Waals surface area contributed by atoms with Crippen LogP contribution < -0.4 is 5.32 Å². The van der Waals surface area contributed by atoms with E-state index in [1.54, 1.807) is 42.5 Å². The van der Waals surface area contributed by atoms with Gasteiger partial charge in [-0.15, -0.1) is 11.3 Å². The zero-order valence-electron chi connectivity index (χ0n) is 15.5. The lowest BCUT2D eigenvalue weighted by molar-refractivity contribution is 0.0520. The Morgan fingerprint density at radius 2 is 2.11 bits per heavy atom. The summed E-state index contributed by atoms with van der Waals surface area (Å²) in [4.78, 5) is 30.4. The molecule has 0 saturated heterocycles. The Hall–Kier alpha value is -1.87. The molecule has 0 saturated carbocycles. The summed E-state index contributed by atoms with van der Waals surface area (Å²) < 4.78 is 10.0. The van der Waals surface area contributed by atoms with E-state index >= 15 is 0 Å². The Kier molecular flexibility index (Phi) is 8.98. The van der Waals surface area contributed by atoms with E-state index in [0.29, 0.717) is 35.3 Å². The predicted octanol–water partition coefficient (Wildman–Crippen LogP) is 4.70. The number of carbonyl (C=O) groups is 2. The fourth-order valence-electron chi connectivity index (χ4n) is 2.29. The van der Waals surface area contributed by atoms with Crippen LogP contribution in [0.3, 0.4) is 0 Å². The van der Waals surface area contributed by atoms with Crippen molar-refractivity contribution in [3.05, 3.63) is 44.3 Å². The molecule has 0 aliphatic carbocycles. The standard InChI is InChI=1S/C18H21Cl2N3O4S/c1-3-27-17(24)14-11-28-15(21-14)10-23(8-5-9-26-2)18(25)22-13-7-4-6-12(19)16(13)20/h4,6-7,11H,3,5,8-10H2,1-2H3,(H,22,25). The molecular weight excluding hydrogens is 425 g/mol. The number of rotatable bonds is 9. The summed E-state index contributed by atoms with van der Waals surface area (Å²) >= 11 is 13.4. The maximum atomic E-state index is 12.8. The van der Waals surface area contributed by atoms with Crippen molar-refractivity contribution in [2.24, 2.45) is 0 Å². The number of nitrogens with zero attached hydrogens (tertiary/aromatic N) is 2. The SMILES string of the molecule is CCOC(=O)c1csc(CN(CCCOC)C(=O)Nc2cccc(Cl)c2Cl)n1. The molecule has 0 aliphatic rings. The second-order valence-electron chi connectivity index (χ2n) is 5.65. The number of methoxy groups -OCH3 is 1. The van der Waals surface area contributed by atoms with E-state index < -0.39 is 5.97 Å². The van der Waals surface area contributed by atoms with Crippen LogP contribution in [0.1, 0.15) is 28.8 Å². The number of hydrogen-bond donors (Lipinski definition) is 1. The third-order valence-electron chi connectivity index (χ3n) is 3.62. The molecular formula is C18H21Cl2N3O4S. The number of urea groups is 1. The van der Waals surface area contributed by atoms with Crippen molar-refractivity contribution in [2.75, 3.05) is 32.2 Å². The lowest BCUT2D eigenvalue weighted by Crippen LogP contribution is -2.35. The number of aromatic nitrogens is 1. The molecule has 0 bridgehead atoms. The number of halogens is 2. The third-order valence-corrected chi connectivity index (χ3v) is 5.27. The molecule has 0 atom stereocenters. The molecule has 1 aromatic carbocycles. The van der Waals surface area contributed by atoms with Crippen LogP contribution in [-0.2, 0) is 16.0 Å². The van der Waals surface area contributed by atoms with Gasteiger partial charge in [0.05, 0.1) is 28.9 Å². The van der Waals surface area contributed by atoms with Gasteiger partial charge in [-0.05, 0) is 25.5 Å². The average Bonchev–Trinajstić information content (AvgIpc) is 3.14. The first-order chi connectivity index (χ1) is 13.5. The van der Waals surface area contributed by atoms with Crippen LogP contribution in [0.2, 0.25) is 10.0 Å². The molecule has 2 amide bonds. The van der Waals surface area contributed by atoms with Gasteiger partial charge in [-0.2, -0.15) is 0 Å². The normalized spacial score (nSPS) is 10.6. The van der Waals surface area contributed by atoms with Gasteiger partial charge < -0.3 is 19.7 Å². The number of thiazole rings is 1. The minimum absolute atomic E-state index is 0.233. The molecule has 2 rings (SSSR count). The molecule has 1 heterocycles. The van der Waals surface area contributed by atoms with E-state index in [1.807, 2.05) is 0 Å². The maximum absolute atomic E-state index is 12.8. The predicted molar refractivity (Wildman–Crippen MR) is 110 cm³/mol. The second-order valence-corrected chi connectivity index (χ2v) is 7.37. The molecule has 1 N–H and O–H groups in total. The summed E-state index contributed by atoms with van der Waals surface area (Å²) in [7, 11) is 1.60. The second kappa shape index (κ2) is 11.2. The average molecular weight is 446 g/mol. The maximum Gasteiger partial charge on any atom is 0.357 e. The quantitative estimate of drug-likeness (QED) is 0.446. The van der Waals surface area contributed by atoms with Gasteiger partial charge in [0.25, 0.3) is 0 Å². The molecule has 28 heavy (non-hydrogen) atoms. The van der Waals surface area contributed by atoms with E-state index in [0.717, 1.165) is 0 Å². The van der Waals surface area contributed by atoms with Crippen molar-refractivity contribution in [3.8, 4) is 0 Å². The van der Waals surface area contributed by atoms with Gasteiger partial charge in [-0.25, -0.2) is 14.6 Å². The summed E-state index contributed by atoms with van der Waals surface area (Å²) in [6.07, 6.45) is 0.642. The molecule has 10 heteroatoms. The zero-order valence-corrected chi connectivity index (χ0v) is 17.9. The summed E-state index contributed by atoms with van der Waals surface area (Å²) in [5.74, 6) is -0.480. The van der Waals surface area contributed by atoms with Gasteiger partial charge in [0.2, 0.25) is 0 Å². The lowest BCUT2D eigenvalue weighted by atomic mass is 10.3. The minimum Gasteiger partial charge on any atom is -0.461 e. The number of nitrogens with one attached hydrogen (secondary N) is 1. The Morgan fingerprint density at radius 3 is 2.82 bits per heavy atom. The van der Waals surface area contributed by atoms with Gasteiger partial charge in [0.15, 0.2) is 5.69 Å². The van der Waals surface area contributed by atoms with Gasteiger partial charge in [0.1, 0.15) is 5.01 Å². The van der Waals surface area contributed by atoms with Crippen molar-refractivity contribution in [2.45, 2.75) is 19.9 Å². The van der Waals surface area contributed by atoms with Gasteiger partial charge in [-0.1, -0.05) is 29.3 Å². The van der Waals surface area contributed by atoms with Crippen LogP contribution in [0.4, 0.5) is 10.5 Å². The topological polar surface area (TPSA) is 80.8 Å². The van der Waals surface area contributed by atoms with E-state index in [1.165, 1.54) is 11.3 Å². The number of amides is 2. The van der Waals surface area contributed by atoms with Crippen molar-refractivity contribution < 1.29 is 19.1 Å². The van der Waals surface area contributed by atoms with Gasteiger partial charge in [0, 0.05) is 25.6 Å². The number of benzene rings is 1. The van der Waals surface area contributed by atoms with Crippen molar-refractivity contribution in [1.29, 1.82) is 0 Å². The summed E-state index contributed by atoms with van der Waals surface area (Å²) in [6, 6.07) is 4.66. The number of ether oxygens (including phenoxy) is 2. The molecule has 2 aromatic rings. The zero-order chi connectivity index (χ0) is 20.5. The van der Waals surface area contributed by atoms with Crippen molar-refractivity contribution in [3.63, 3.8) is 0 Å². The highest BCUT2D eigenvalue weighted by molar-refractivity contribution is 7.09. The highest BCUT2D eigenvalue weighted by Gasteiger charge is 2.19. The van der Waals surface area contributed by atoms with Crippen LogP contribution in [0.15, 0.2) is 23.6 Å². The molecule has 7 nitrogen and oxygen atoms in total. The largest absolute Gasteiger partial charge is 0.461 e. The first-order valence-electron chi connectivity index (χ1n) is 8.56. The number of hydrogen-bond acceptors (Lipinski definition) is 6. The molecule has 1 aromatic heterocycles. The van der Waals surface area contributed by atoms with E-state index in [4.69, 9.17) is 32.7 Å². The van der Waals surface area contributed by atoms with Crippen LogP contribution >= 0.6 is 34.5 Å². The van der Waals surface area contributed by atoms with Gasteiger partial charge in [-0.3, -0.25) is 0 Å². The van der Waals surface area contributed by atoms with E-state index in [-0.39, 0.29) is 29.9 Å². The van der Waals surface area contributed by atoms with E-state index in [2.05, 4.69) is 10.3 Å². The Labute approximate surface area is 177 Å². The van der Waals surface area contributed by atoms with Crippen LogP contribution in [0.5, 0.6) is 0 Å². The molecule has 0 unspecified atom stereocenters. The summed E-state index contributed by atoms with van der Waals surface area (Å²) in [5.41, 5.74) is 0.652. The molecule has 152 valence electrons. The van der Waals surface area contributed by atoms with E-state index in [9.17, 15) is 9.59 Å². The van der Waals surface area contributed by atoms with Crippen LogP contribution in [0.25, 0.3) is 0 Å². The minimum atomic E-state index is -0.480. The number of carbonyl (C=O) groups excluding carboxylic acids is 2. The molecule has 0 radical (unpaired) electrons. The highest BCUT2D eigenvalue weighted by atomic mass is 35.5. The fourth-order valence-corrected chi connectivity index (χ4v) is 3.42. The third kappa shape index (κ3) is 6.34. The number of esters is 1. The first-order valence-corrected chi connectivity index (χ1v) is 10.2. The first kappa shape index (κ1) is 22.4. The molecule has 0 aliphatic heterocycles. The summed E-state index contributed by atoms with van der Waals surface area (Å²) in [6.45, 7) is 3.18. The highest BCUT2D eigenvalue weighted by Crippen LogP contribution is 2.29. The van der Waals surface area contributed by atoms with Gasteiger partial charge >= 0.3 is 12.0 Å². The summed E-state index contributed by atoms with van der Waals surface area (Å²) in [5, 5.41) is 5.62. The Bertz CT molecular complexity index is 816. The smallest absolute Gasteiger partial charge is 0.357 e. The number of anilines is 1. The lowest BCUT2D eigenvalue weighted by Gasteiger charge is -2.22. The fraction of sp³-hybridized carbons (Fsp3) is 0.389. The molecule has 0 fully saturated rings. The Balaban J connectivity index is 2.11. The van der Waals surface area contributed by atoms with Crippen LogP contribution in [0, 0.1) is 0 Å². The Morgan fingerprint density at radius 1 is 1.32 bits per heavy atom. The van der Waals surface area contributed by atoms with Crippen molar-refractivity contribution >= 4 is 52.2 Å². The molecule has 0 spiro atoms. The monoisotopic (exact) mass is 445 g/mol.